The second-order valence-corrected chi connectivity index (χ2v) is 8.24. The number of rotatable bonds is 7. The van der Waals surface area contributed by atoms with Gasteiger partial charge < -0.3 is 5.32 Å². The van der Waals surface area contributed by atoms with E-state index in [1.54, 1.807) is 6.08 Å². The quantitative estimate of drug-likeness (QED) is 0.723. The minimum Gasteiger partial charge on any atom is -0.356 e. The first-order chi connectivity index (χ1) is 12.0. The molecular weight excluding hydrogens is 340 g/mol. The third kappa shape index (κ3) is 4.69. The Kier molecular flexibility index (Phi) is 5.22. The largest absolute Gasteiger partial charge is 0.356 e. The van der Waals surface area contributed by atoms with Gasteiger partial charge in [-0.3, -0.25) is 9.59 Å². The van der Waals surface area contributed by atoms with Crippen molar-refractivity contribution in [2.45, 2.75) is 38.5 Å². The van der Waals surface area contributed by atoms with Crippen LogP contribution in [0, 0.1) is 5.92 Å². The topological polar surface area (TPSA) is 92.3 Å². The van der Waals surface area contributed by atoms with Crippen molar-refractivity contribution in [3.8, 4) is 0 Å². The van der Waals surface area contributed by atoms with Gasteiger partial charge in [0.15, 0.2) is 0 Å². The summed E-state index contributed by atoms with van der Waals surface area (Å²) in [5, 5.41) is 2.76. The van der Waals surface area contributed by atoms with Crippen molar-refractivity contribution in [3.05, 3.63) is 40.3 Å². The van der Waals surface area contributed by atoms with Crippen molar-refractivity contribution < 1.29 is 18.0 Å². The third-order valence-electron chi connectivity index (χ3n) is 4.43. The Morgan fingerprint density at radius 1 is 1.12 bits per heavy atom. The van der Waals surface area contributed by atoms with Crippen molar-refractivity contribution in [1.82, 2.24) is 10.0 Å². The minimum absolute atomic E-state index is 0.0269. The summed E-state index contributed by atoms with van der Waals surface area (Å²) in [7, 11) is -3.81. The zero-order valence-corrected chi connectivity index (χ0v) is 14.8. The van der Waals surface area contributed by atoms with Crippen molar-refractivity contribution in [3.63, 3.8) is 0 Å². The number of aryl methyl sites for hydroxylation is 1. The summed E-state index contributed by atoms with van der Waals surface area (Å²) >= 11 is 0. The average Bonchev–Trinajstić information content (AvgIpc) is 3.43. The molecule has 1 aromatic carbocycles. The number of sulfonamides is 1. The van der Waals surface area contributed by atoms with Gasteiger partial charge in [0.2, 0.25) is 11.8 Å². The number of hydrogen-bond acceptors (Lipinski definition) is 4. The number of carbonyl (C=O) groups is 2. The van der Waals surface area contributed by atoms with Gasteiger partial charge in [-0.25, -0.2) is 13.1 Å². The summed E-state index contributed by atoms with van der Waals surface area (Å²) in [5.41, 5.74) is 1.99. The molecule has 0 unspecified atom stereocenters. The van der Waals surface area contributed by atoms with Crippen molar-refractivity contribution in [1.29, 1.82) is 0 Å². The normalized spacial score (nSPS) is 16.6. The molecule has 134 valence electrons. The van der Waals surface area contributed by atoms with Gasteiger partial charge in [0.25, 0.3) is 10.0 Å². The zero-order valence-electron chi connectivity index (χ0n) is 14.0. The van der Waals surface area contributed by atoms with Crippen molar-refractivity contribution >= 4 is 27.9 Å². The SMILES string of the molecule is O=C(CCCNC(=O)C1CC1)NS(=O)(=O)C1=Cc2ccccc2CC1. The molecule has 2 aliphatic rings. The first-order valence-corrected chi connectivity index (χ1v) is 10.1. The lowest BCUT2D eigenvalue weighted by molar-refractivity contribution is -0.123. The van der Waals surface area contributed by atoms with E-state index in [9.17, 15) is 18.0 Å². The molecule has 0 heterocycles. The van der Waals surface area contributed by atoms with Gasteiger partial charge in [-0.2, -0.15) is 0 Å². The van der Waals surface area contributed by atoms with Gasteiger partial charge in [-0.15, -0.1) is 0 Å². The monoisotopic (exact) mass is 362 g/mol. The average molecular weight is 362 g/mol. The molecule has 0 saturated heterocycles. The summed E-state index contributed by atoms with van der Waals surface area (Å²) < 4.78 is 26.9. The van der Waals surface area contributed by atoms with Crippen LogP contribution in [0.4, 0.5) is 0 Å². The van der Waals surface area contributed by atoms with E-state index < -0.39 is 15.9 Å². The van der Waals surface area contributed by atoms with Gasteiger partial charge >= 0.3 is 0 Å². The third-order valence-corrected chi connectivity index (χ3v) is 5.94. The Bertz CT molecular complexity index is 810. The van der Waals surface area contributed by atoms with Gasteiger partial charge in [-0.1, -0.05) is 24.3 Å². The smallest absolute Gasteiger partial charge is 0.260 e. The van der Waals surface area contributed by atoms with Crippen LogP contribution in [0.25, 0.3) is 6.08 Å². The molecule has 1 aromatic rings. The fourth-order valence-electron chi connectivity index (χ4n) is 2.83. The molecule has 2 amide bonds. The summed E-state index contributed by atoms with van der Waals surface area (Å²) in [6.07, 6.45) is 5.01. The van der Waals surface area contributed by atoms with Crippen LogP contribution in [-0.2, 0) is 26.0 Å². The van der Waals surface area contributed by atoms with E-state index in [-0.39, 0.29) is 23.2 Å². The Hall–Kier alpha value is -2.15. The van der Waals surface area contributed by atoms with Crippen LogP contribution in [-0.4, -0.2) is 26.8 Å². The van der Waals surface area contributed by atoms with E-state index in [0.29, 0.717) is 25.8 Å². The second-order valence-electron chi connectivity index (χ2n) is 6.51. The highest BCUT2D eigenvalue weighted by molar-refractivity contribution is 7.94. The molecule has 7 heteroatoms. The number of fused-ring (bicyclic) bond motifs is 1. The van der Waals surface area contributed by atoms with E-state index in [0.717, 1.165) is 24.0 Å². The van der Waals surface area contributed by atoms with Crippen LogP contribution in [0.1, 0.15) is 43.2 Å². The fourth-order valence-corrected chi connectivity index (χ4v) is 4.02. The molecule has 0 bridgehead atoms. The van der Waals surface area contributed by atoms with Crippen LogP contribution in [0.5, 0.6) is 0 Å². The number of amides is 2. The molecule has 2 N–H and O–H groups in total. The Morgan fingerprint density at radius 3 is 2.64 bits per heavy atom. The molecule has 0 aliphatic heterocycles. The van der Waals surface area contributed by atoms with Crippen LogP contribution in [0.15, 0.2) is 29.2 Å². The maximum atomic E-state index is 12.4. The highest BCUT2D eigenvalue weighted by atomic mass is 32.2. The van der Waals surface area contributed by atoms with E-state index in [4.69, 9.17) is 0 Å². The predicted molar refractivity (Wildman–Crippen MR) is 94.8 cm³/mol. The van der Waals surface area contributed by atoms with E-state index in [1.165, 1.54) is 0 Å². The van der Waals surface area contributed by atoms with Crippen LogP contribution in [0.2, 0.25) is 0 Å². The standard InChI is InChI=1S/C18H22N2O4S/c21-17(6-3-11-19-18(22)14-7-8-14)20-25(23,24)16-10-9-13-4-1-2-5-15(13)12-16/h1-2,4-5,12,14H,3,6-11H2,(H,19,22)(H,20,21). The molecule has 0 radical (unpaired) electrons. The van der Waals surface area contributed by atoms with Gasteiger partial charge in [0.1, 0.15) is 0 Å². The summed E-state index contributed by atoms with van der Waals surface area (Å²) in [5.74, 6) is -0.380. The highest BCUT2D eigenvalue weighted by Crippen LogP contribution is 2.28. The first kappa shape index (κ1) is 17.7. The number of allylic oxidation sites excluding steroid dienone is 1. The highest BCUT2D eigenvalue weighted by Gasteiger charge is 2.29. The first-order valence-electron chi connectivity index (χ1n) is 8.57. The Balaban J connectivity index is 1.50. The lowest BCUT2D eigenvalue weighted by Crippen LogP contribution is -2.33. The number of carbonyl (C=O) groups excluding carboxylic acids is 2. The molecule has 2 aliphatic carbocycles. The molecule has 25 heavy (non-hydrogen) atoms. The van der Waals surface area contributed by atoms with Crippen molar-refractivity contribution in [2.75, 3.05) is 6.54 Å². The zero-order chi connectivity index (χ0) is 17.9. The number of benzene rings is 1. The van der Waals surface area contributed by atoms with Gasteiger partial charge in [0.05, 0.1) is 4.91 Å². The number of nitrogens with one attached hydrogen (secondary N) is 2. The van der Waals surface area contributed by atoms with Gasteiger partial charge in [-0.05, 0) is 49.3 Å². The molecule has 3 rings (SSSR count). The Morgan fingerprint density at radius 2 is 1.88 bits per heavy atom. The van der Waals surface area contributed by atoms with E-state index >= 15 is 0 Å². The van der Waals surface area contributed by atoms with E-state index in [1.807, 2.05) is 24.3 Å². The molecular formula is C18H22N2O4S. The molecule has 1 fully saturated rings. The molecule has 0 aromatic heterocycles. The predicted octanol–water partition coefficient (Wildman–Crippen LogP) is 1.73. The molecule has 6 nitrogen and oxygen atoms in total. The second kappa shape index (κ2) is 7.39. The minimum atomic E-state index is -3.81. The summed E-state index contributed by atoms with van der Waals surface area (Å²) in [6.45, 7) is 0.388. The lowest BCUT2D eigenvalue weighted by atomic mass is 9.98. The van der Waals surface area contributed by atoms with Gasteiger partial charge in [0, 0.05) is 18.9 Å². The summed E-state index contributed by atoms with van der Waals surface area (Å²) in [4.78, 5) is 23.6. The maximum Gasteiger partial charge on any atom is 0.260 e. The molecule has 0 atom stereocenters. The van der Waals surface area contributed by atoms with Crippen LogP contribution < -0.4 is 10.0 Å². The lowest BCUT2D eigenvalue weighted by Gasteiger charge is -2.17. The molecule has 1 saturated carbocycles. The van der Waals surface area contributed by atoms with Crippen LogP contribution >= 0.6 is 0 Å². The van der Waals surface area contributed by atoms with Crippen molar-refractivity contribution in [2.24, 2.45) is 5.92 Å². The molecule has 0 spiro atoms. The fraction of sp³-hybridized carbons (Fsp3) is 0.444. The number of hydrogen-bond donors (Lipinski definition) is 2. The van der Waals surface area contributed by atoms with E-state index in [2.05, 4.69) is 10.0 Å². The van der Waals surface area contributed by atoms with Crippen LogP contribution in [0.3, 0.4) is 0 Å². The Labute approximate surface area is 147 Å². The maximum absolute atomic E-state index is 12.4. The summed E-state index contributed by atoms with van der Waals surface area (Å²) in [6, 6.07) is 7.63.